The minimum atomic E-state index is -0.119. The number of urea groups is 1. The van der Waals surface area contributed by atoms with Crippen LogP contribution in [0.4, 0.5) is 4.79 Å². The Labute approximate surface area is 149 Å². The zero-order valence-corrected chi connectivity index (χ0v) is 14.5. The maximum Gasteiger partial charge on any atom is 0.317 e. The standard InChI is InChI=1S/C15H18ClN5O2S/c16-12-3-1-11(2-4-12)13-10-21(6-7-23-13)15(22)17-5-8-24-14-9-18-20-19-14/h1-4,9,13H,5-8,10H2,(H,17,22)(H,18,19,20)/t13-/m1/s1. The van der Waals surface area contributed by atoms with E-state index in [1.54, 1.807) is 11.1 Å². The molecule has 9 heteroatoms. The Balaban J connectivity index is 1.45. The van der Waals surface area contributed by atoms with E-state index < -0.39 is 0 Å². The van der Waals surface area contributed by atoms with Gasteiger partial charge >= 0.3 is 6.03 Å². The van der Waals surface area contributed by atoms with Gasteiger partial charge in [0.25, 0.3) is 0 Å². The molecule has 1 aromatic carbocycles. The largest absolute Gasteiger partial charge is 0.370 e. The van der Waals surface area contributed by atoms with E-state index in [1.165, 1.54) is 11.8 Å². The van der Waals surface area contributed by atoms with Gasteiger partial charge in [-0.05, 0) is 17.7 Å². The van der Waals surface area contributed by atoms with Crippen molar-refractivity contribution in [3.63, 3.8) is 0 Å². The van der Waals surface area contributed by atoms with Gasteiger partial charge in [-0.25, -0.2) is 4.79 Å². The molecule has 24 heavy (non-hydrogen) atoms. The number of rotatable bonds is 5. The Morgan fingerprint density at radius 2 is 2.29 bits per heavy atom. The highest BCUT2D eigenvalue weighted by Crippen LogP contribution is 2.23. The lowest BCUT2D eigenvalue weighted by Gasteiger charge is -2.33. The summed E-state index contributed by atoms with van der Waals surface area (Å²) in [5.41, 5.74) is 1.03. The van der Waals surface area contributed by atoms with Gasteiger partial charge in [0.2, 0.25) is 0 Å². The number of H-pyrrole nitrogens is 1. The van der Waals surface area contributed by atoms with Crippen molar-refractivity contribution in [3.8, 4) is 0 Å². The Morgan fingerprint density at radius 3 is 3.04 bits per heavy atom. The predicted octanol–water partition coefficient (Wildman–Crippen LogP) is 2.33. The zero-order valence-electron chi connectivity index (χ0n) is 12.9. The number of hydrogen-bond acceptors (Lipinski definition) is 5. The maximum absolute atomic E-state index is 12.3. The fourth-order valence-corrected chi connectivity index (χ4v) is 3.17. The first-order chi connectivity index (χ1) is 11.7. The number of thioether (sulfide) groups is 1. The molecule has 3 rings (SSSR count). The second-order valence-corrected chi connectivity index (χ2v) is 6.80. The fraction of sp³-hybridized carbons (Fsp3) is 0.400. The van der Waals surface area contributed by atoms with Crippen LogP contribution in [0.3, 0.4) is 0 Å². The Kier molecular flexibility index (Phi) is 5.95. The molecule has 0 saturated carbocycles. The number of nitrogens with zero attached hydrogens (tertiary/aromatic N) is 3. The van der Waals surface area contributed by atoms with Crippen molar-refractivity contribution in [2.75, 3.05) is 32.0 Å². The van der Waals surface area contributed by atoms with Crippen LogP contribution in [0.1, 0.15) is 11.7 Å². The lowest BCUT2D eigenvalue weighted by molar-refractivity contribution is -0.0153. The molecule has 1 saturated heterocycles. The lowest BCUT2D eigenvalue weighted by Crippen LogP contribution is -2.47. The number of aromatic nitrogens is 3. The van der Waals surface area contributed by atoms with E-state index >= 15 is 0 Å². The molecule has 1 fully saturated rings. The summed E-state index contributed by atoms with van der Waals surface area (Å²) in [6.45, 7) is 2.21. The molecule has 2 aromatic rings. The topological polar surface area (TPSA) is 83.1 Å². The number of benzene rings is 1. The monoisotopic (exact) mass is 367 g/mol. The molecule has 2 amide bonds. The van der Waals surface area contributed by atoms with Crippen LogP contribution in [0.25, 0.3) is 0 Å². The average molecular weight is 368 g/mol. The highest BCUT2D eigenvalue weighted by Gasteiger charge is 2.25. The third-order valence-corrected chi connectivity index (χ3v) is 4.77. The van der Waals surface area contributed by atoms with Crippen LogP contribution in [0.2, 0.25) is 5.02 Å². The number of ether oxygens (including phenoxy) is 1. The third-order valence-electron chi connectivity index (χ3n) is 3.62. The molecule has 2 heterocycles. The molecule has 1 atom stereocenters. The molecule has 1 aliphatic rings. The molecule has 0 aliphatic carbocycles. The van der Waals surface area contributed by atoms with Crippen LogP contribution >= 0.6 is 23.4 Å². The van der Waals surface area contributed by atoms with Gasteiger partial charge in [-0.15, -0.1) is 16.9 Å². The molecule has 1 aliphatic heterocycles. The summed E-state index contributed by atoms with van der Waals surface area (Å²) < 4.78 is 5.77. The van der Waals surface area contributed by atoms with Gasteiger partial charge < -0.3 is 15.0 Å². The van der Waals surface area contributed by atoms with Gasteiger partial charge in [0.1, 0.15) is 11.1 Å². The lowest BCUT2D eigenvalue weighted by atomic mass is 10.1. The van der Waals surface area contributed by atoms with E-state index in [2.05, 4.69) is 20.7 Å². The number of carbonyl (C=O) groups excluding carboxylic acids is 1. The number of hydrogen-bond donors (Lipinski definition) is 2. The quantitative estimate of drug-likeness (QED) is 0.626. The van der Waals surface area contributed by atoms with E-state index in [1.807, 2.05) is 24.3 Å². The number of halogens is 1. The SMILES string of the molecule is O=C(NCCSc1cn[nH]n1)N1CCO[C@@H](c2ccc(Cl)cc2)C1. The Bertz CT molecular complexity index is 652. The summed E-state index contributed by atoms with van der Waals surface area (Å²) >= 11 is 7.45. The maximum atomic E-state index is 12.3. The first kappa shape index (κ1) is 17.1. The van der Waals surface area contributed by atoms with Gasteiger partial charge in [0, 0.05) is 23.9 Å². The summed E-state index contributed by atoms with van der Waals surface area (Å²) in [5.74, 6) is 0.739. The first-order valence-electron chi connectivity index (χ1n) is 7.61. The molecule has 7 nitrogen and oxygen atoms in total. The summed E-state index contributed by atoms with van der Waals surface area (Å²) in [5, 5.41) is 14.7. The van der Waals surface area contributed by atoms with E-state index in [9.17, 15) is 4.79 Å². The zero-order chi connectivity index (χ0) is 16.8. The number of carbonyl (C=O) groups is 1. The molecular formula is C15H18ClN5O2S. The van der Waals surface area contributed by atoms with Crippen molar-refractivity contribution in [2.24, 2.45) is 0 Å². The van der Waals surface area contributed by atoms with Crippen LogP contribution in [-0.4, -0.2) is 58.3 Å². The third kappa shape index (κ3) is 4.62. The first-order valence-corrected chi connectivity index (χ1v) is 8.97. The van der Waals surface area contributed by atoms with Gasteiger partial charge in [0.15, 0.2) is 0 Å². The van der Waals surface area contributed by atoms with Gasteiger partial charge in [-0.3, -0.25) is 0 Å². The summed E-state index contributed by atoms with van der Waals surface area (Å²) in [6.07, 6.45) is 1.54. The predicted molar refractivity (Wildman–Crippen MR) is 92.2 cm³/mol. The number of morpholine rings is 1. The number of nitrogens with one attached hydrogen (secondary N) is 2. The van der Waals surface area contributed by atoms with Crippen molar-refractivity contribution in [1.29, 1.82) is 0 Å². The van der Waals surface area contributed by atoms with Crippen molar-refractivity contribution < 1.29 is 9.53 Å². The molecule has 0 spiro atoms. The average Bonchev–Trinajstić information content (AvgIpc) is 3.13. The summed E-state index contributed by atoms with van der Waals surface area (Å²) in [7, 11) is 0. The van der Waals surface area contributed by atoms with Crippen molar-refractivity contribution >= 4 is 29.4 Å². The Morgan fingerprint density at radius 1 is 1.46 bits per heavy atom. The summed E-state index contributed by atoms with van der Waals surface area (Å²) in [4.78, 5) is 14.1. The van der Waals surface area contributed by atoms with Gasteiger partial charge in [-0.1, -0.05) is 23.7 Å². The van der Waals surface area contributed by atoms with E-state index in [-0.39, 0.29) is 12.1 Å². The van der Waals surface area contributed by atoms with Crippen molar-refractivity contribution in [3.05, 3.63) is 41.0 Å². The van der Waals surface area contributed by atoms with E-state index in [4.69, 9.17) is 16.3 Å². The van der Waals surface area contributed by atoms with Crippen LogP contribution in [0, 0.1) is 0 Å². The molecule has 128 valence electrons. The van der Waals surface area contributed by atoms with Crippen molar-refractivity contribution in [1.82, 2.24) is 25.6 Å². The van der Waals surface area contributed by atoms with Crippen LogP contribution in [-0.2, 0) is 4.74 Å². The highest BCUT2D eigenvalue weighted by atomic mass is 35.5. The second-order valence-electron chi connectivity index (χ2n) is 5.25. The smallest absolute Gasteiger partial charge is 0.317 e. The molecule has 0 radical (unpaired) electrons. The molecule has 2 N–H and O–H groups in total. The minimum Gasteiger partial charge on any atom is -0.370 e. The number of aromatic amines is 1. The van der Waals surface area contributed by atoms with Crippen molar-refractivity contribution in [2.45, 2.75) is 11.1 Å². The summed E-state index contributed by atoms with van der Waals surface area (Å²) in [6, 6.07) is 7.46. The molecule has 0 bridgehead atoms. The van der Waals surface area contributed by atoms with Gasteiger partial charge in [-0.2, -0.15) is 10.3 Å². The van der Waals surface area contributed by atoms with E-state index in [0.29, 0.717) is 31.3 Å². The minimum absolute atomic E-state index is 0.0713. The van der Waals surface area contributed by atoms with Crippen LogP contribution in [0.5, 0.6) is 0 Å². The highest BCUT2D eigenvalue weighted by molar-refractivity contribution is 7.99. The second kappa shape index (κ2) is 8.36. The fourth-order valence-electron chi connectivity index (χ4n) is 2.40. The normalized spacial score (nSPS) is 17.7. The van der Waals surface area contributed by atoms with Crippen LogP contribution < -0.4 is 5.32 Å². The molecular weight excluding hydrogens is 350 g/mol. The van der Waals surface area contributed by atoms with Crippen LogP contribution in [0.15, 0.2) is 35.5 Å². The number of amides is 2. The van der Waals surface area contributed by atoms with E-state index in [0.717, 1.165) is 16.3 Å². The van der Waals surface area contributed by atoms with Gasteiger partial charge in [0.05, 0.1) is 19.3 Å². The molecule has 1 aromatic heterocycles. The molecule has 0 unspecified atom stereocenters. The Hall–Kier alpha value is -1.77.